The van der Waals surface area contributed by atoms with Crippen LogP contribution in [0.25, 0.3) is 10.9 Å². The maximum absolute atomic E-state index is 9.89. The van der Waals surface area contributed by atoms with E-state index in [9.17, 15) is 5.26 Å². The summed E-state index contributed by atoms with van der Waals surface area (Å²) in [6.07, 6.45) is 10.2. The molecule has 39 heavy (non-hydrogen) atoms. The molecule has 7 heteroatoms. The van der Waals surface area contributed by atoms with Gasteiger partial charge >= 0.3 is 0 Å². The van der Waals surface area contributed by atoms with Crippen molar-refractivity contribution in [3.63, 3.8) is 0 Å². The molecule has 7 nitrogen and oxygen atoms in total. The number of hydrogen-bond donors (Lipinski definition) is 2. The summed E-state index contributed by atoms with van der Waals surface area (Å²) in [6.45, 7) is 13.5. The Morgan fingerprint density at radius 2 is 1.95 bits per heavy atom. The number of likely N-dealkylation sites (tertiary alicyclic amines) is 1. The van der Waals surface area contributed by atoms with Gasteiger partial charge in [0.05, 0.1) is 0 Å². The largest absolute Gasteiger partial charge is 0.382 e. The van der Waals surface area contributed by atoms with Crippen LogP contribution >= 0.6 is 0 Å². The zero-order valence-electron chi connectivity index (χ0n) is 22.5. The summed E-state index contributed by atoms with van der Waals surface area (Å²) >= 11 is 0. The zero-order valence-corrected chi connectivity index (χ0v) is 22.5. The lowest BCUT2D eigenvalue weighted by Crippen LogP contribution is -2.38. The highest BCUT2D eigenvalue weighted by molar-refractivity contribution is 5.86. The molecule has 1 aliphatic rings. The Bertz CT molecular complexity index is 1490. The molecular formula is C32H35N7. The van der Waals surface area contributed by atoms with E-state index in [1.165, 1.54) is 16.5 Å². The van der Waals surface area contributed by atoms with Gasteiger partial charge in [-0.15, -0.1) is 0 Å². The summed E-state index contributed by atoms with van der Waals surface area (Å²) in [5, 5.41) is 17.8. The number of fused-ring (bicyclic) bond motifs is 1. The van der Waals surface area contributed by atoms with Crippen LogP contribution in [0.15, 0.2) is 86.0 Å². The van der Waals surface area contributed by atoms with Crippen molar-refractivity contribution in [3.05, 3.63) is 108 Å². The monoisotopic (exact) mass is 517 g/mol. The standard InChI is InChI=1S/C32H35N7/c1-4-23(2)36-32-8-5-25(21-35-32)11-18-39-29(20-33)19-30-24(3)26(6-7-31(30)39)22-38-16-12-28(13-17-38)37-27-9-14-34-15-10-27/h4-10,14-15,19,21,28H,1-2,11-13,16-18,22H2,3H3,(H,34,37)(H,35,36). The number of aromatic nitrogens is 3. The molecule has 0 spiro atoms. The highest BCUT2D eigenvalue weighted by atomic mass is 15.1. The molecule has 2 N–H and O–H groups in total. The predicted molar refractivity (Wildman–Crippen MR) is 158 cm³/mol. The molecule has 198 valence electrons. The molecule has 0 atom stereocenters. The van der Waals surface area contributed by atoms with E-state index in [4.69, 9.17) is 0 Å². The number of rotatable bonds is 10. The second-order valence-corrected chi connectivity index (χ2v) is 10.2. The van der Waals surface area contributed by atoms with Gasteiger partial charge in [-0.25, -0.2) is 4.98 Å². The molecule has 0 amide bonds. The minimum absolute atomic E-state index is 0.494. The fourth-order valence-corrected chi connectivity index (χ4v) is 5.29. The van der Waals surface area contributed by atoms with Gasteiger partial charge in [0.25, 0.3) is 0 Å². The Morgan fingerprint density at radius 3 is 2.64 bits per heavy atom. The number of pyridine rings is 2. The molecule has 0 saturated carbocycles. The number of piperidine rings is 1. The highest BCUT2D eigenvalue weighted by Crippen LogP contribution is 2.28. The third-order valence-corrected chi connectivity index (χ3v) is 7.60. The Hall–Kier alpha value is -4.41. The van der Waals surface area contributed by atoms with Gasteiger partial charge in [-0.2, -0.15) is 5.26 Å². The molecule has 1 aromatic carbocycles. The summed E-state index contributed by atoms with van der Waals surface area (Å²) in [6, 6.07) is 17.4. The second-order valence-electron chi connectivity index (χ2n) is 10.2. The molecule has 0 unspecified atom stereocenters. The van der Waals surface area contributed by atoms with Gasteiger partial charge in [0, 0.05) is 73.1 Å². The van der Waals surface area contributed by atoms with Gasteiger partial charge in [0.15, 0.2) is 0 Å². The lowest BCUT2D eigenvalue weighted by molar-refractivity contribution is 0.211. The lowest BCUT2D eigenvalue weighted by Gasteiger charge is -2.33. The van der Waals surface area contributed by atoms with Crippen molar-refractivity contribution in [1.82, 2.24) is 19.4 Å². The van der Waals surface area contributed by atoms with Gasteiger partial charge in [-0.1, -0.05) is 25.3 Å². The fraction of sp³-hybridized carbons (Fsp3) is 0.281. The van der Waals surface area contributed by atoms with Crippen LogP contribution in [0.2, 0.25) is 0 Å². The summed E-state index contributed by atoms with van der Waals surface area (Å²) in [7, 11) is 0. The molecule has 1 saturated heterocycles. The number of nitriles is 1. The Balaban J connectivity index is 1.23. The van der Waals surface area contributed by atoms with Crippen molar-refractivity contribution in [2.24, 2.45) is 0 Å². The quantitative estimate of drug-likeness (QED) is 0.250. The number of allylic oxidation sites excluding steroid dienone is 1. The van der Waals surface area contributed by atoms with Crippen LogP contribution in [0.3, 0.4) is 0 Å². The van der Waals surface area contributed by atoms with Crippen molar-refractivity contribution in [1.29, 1.82) is 5.26 Å². The van der Waals surface area contributed by atoms with Crippen molar-refractivity contribution in [2.75, 3.05) is 23.7 Å². The minimum Gasteiger partial charge on any atom is -0.382 e. The van der Waals surface area contributed by atoms with Crippen molar-refractivity contribution < 1.29 is 0 Å². The zero-order chi connectivity index (χ0) is 27.2. The number of aryl methyl sites for hydroxylation is 3. The summed E-state index contributed by atoms with van der Waals surface area (Å²) in [5.74, 6) is 0.741. The Morgan fingerprint density at radius 1 is 1.15 bits per heavy atom. The van der Waals surface area contributed by atoms with Crippen LogP contribution in [0.4, 0.5) is 11.5 Å². The molecule has 1 fully saturated rings. The van der Waals surface area contributed by atoms with Crippen LogP contribution < -0.4 is 10.6 Å². The molecule has 5 rings (SSSR count). The normalized spacial score (nSPS) is 14.2. The van der Waals surface area contributed by atoms with E-state index >= 15 is 0 Å². The van der Waals surface area contributed by atoms with Crippen LogP contribution in [-0.2, 0) is 19.5 Å². The molecule has 4 heterocycles. The van der Waals surface area contributed by atoms with E-state index in [1.807, 2.05) is 42.9 Å². The van der Waals surface area contributed by atoms with Gasteiger partial charge in [-0.3, -0.25) is 9.88 Å². The van der Waals surface area contributed by atoms with E-state index in [-0.39, 0.29) is 0 Å². The molecule has 3 aromatic heterocycles. The third kappa shape index (κ3) is 6.19. The van der Waals surface area contributed by atoms with Crippen LogP contribution in [-0.4, -0.2) is 38.6 Å². The first-order chi connectivity index (χ1) is 19.0. The summed E-state index contributed by atoms with van der Waals surface area (Å²) in [5.41, 5.74) is 7.37. The van der Waals surface area contributed by atoms with E-state index in [1.54, 1.807) is 6.08 Å². The summed E-state index contributed by atoms with van der Waals surface area (Å²) in [4.78, 5) is 11.1. The van der Waals surface area contributed by atoms with Crippen molar-refractivity contribution in [3.8, 4) is 6.07 Å². The molecule has 4 aromatic rings. The highest BCUT2D eigenvalue weighted by Gasteiger charge is 2.20. The minimum atomic E-state index is 0.494. The average molecular weight is 518 g/mol. The molecule has 0 radical (unpaired) electrons. The van der Waals surface area contributed by atoms with Gasteiger partial charge < -0.3 is 15.2 Å². The Labute approximate surface area is 230 Å². The van der Waals surface area contributed by atoms with Gasteiger partial charge in [0.1, 0.15) is 17.6 Å². The van der Waals surface area contributed by atoms with Gasteiger partial charge in [0.2, 0.25) is 0 Å². The van der Waals surface area contributed by atoms with Crippen LogP contribution in [0.5, 0.6) is 0 Å². The fourth-order valence-electron chi connectivity index (χ4n) is 5.29. The smallest absolute Gasteiger partial charge is 0.130 e. The average Bonchev–Trinajstić information content (AvgIpc) is 3.34. The second kappa shape index (κ2) is 12.0. The summed E-state index contributed by atoms with van der Waals surface area (Å²) < 4.78 is 2.13. The lowest BCUT2D eigenvalue weighted by atomic mass is 10.0. The Kier molecular flexibility index (Phi) is 8.04. The maximum Gasteiger partial charge on any atom is 0.130 e. The number of nitrogens with zero attached hydrogens (tertiary/aromatic N) is 5. The van der Waals surface area contributed by atoms with Gasteiger partial charge in [-0.05, 0) is 79.3 Å². The van der Waals surface area contributed by atoms with E-state index in [0.29, 0.717) is 17.4 Å². The van der Waals surface area contributed by atoms with E-state index in [2.05, 4.69) is 74.4 Å². The maximum atomic E-state index is 9.89. The molecule has 0 bridgehead atoms. The van der Waals surface area contributed by atoms with Crippen molar-refractivity contribution >= 4 is 22.4 Å². The topological polar surface area (TPSA) is 81.8 Å². The third-order valence-electron chi connectivity index (χ3n) is 7.60. The number of benzene rings is 1. The van der Waals surface area contributed by atoms with E-state index in [0.717, 1.165) is 68.0 Å². The molecule has 0 aliphatic carbocycles. The van der Waals surface area contributed by atoms with Crippen molar-refractivity contribution in [2.45, 2.75) is 45.3 Å². The predicted octanol–water partition coefficient (Wildman–Crippen LogP) is 6.04. The van der Waals surface area contributed by atoms with E-state index < -0.39 is 0 Å². The van der Waals surface area contributed by atoms with Crippen LogP contribution in [0.1, 0.15) is 35.2 Å². The number of nitrogens with one attached hydrogen (secondary N) is 2. The first-order valence-corrected chi connectivity index (χ1v) is 13.5. The molecule has 1 aliphatic heterocycles. The molecular weight excluding hydrogens is 482 g/mol. The first kappa shape index (κ1) is 26.2. The SMILES string of the molecule is C=CC(=C)Nc1ccc(CCn2c(C#N)cc3c(C)c(CN4CCC(Nc5ccncc5)CC4)ccc32)cn1. The number of anilines is 2. The number of hydrogen-bond acceptors (Lipinski definition) is 6. The first-order valence-electron chi connectivity index (χ1n) is 13.5. The van der Waals surface area contributed by atoms with Crippen LogP contribution in [0, 0.1) is 18.3 Å².